The highest BCUT2D eigenvalue weighted by Crippen LogP contribution is 2.27. The summed E-state index contributed by atoms with van der Waals surface area (Å²) in [6.45, 7) is 8.37. The summed E-state index contributed by atoms with van der Waals surface area (Å²) < 4.78 is 11.0. The number of ether oxygens (including phenoxy) is 1. The minimum atomic E-state index is 0.176. The molecule has 0 aliphatic heterocycles. The van der Waals surface area contributed by atoms with Gasteiger partial charge in [0.1, 0.15) is 5.75 Å². The first-order valence-corrected chi connectivity index (χ1v) is 7.11. The molecule has 0 spiro atoms. The molecule has 0 radical (unpaired) electrons. The van der Waals surface area contributed by atoms with E-state index in [2.05, 4.69) is 25.2 Å². The smallest absolute Gasteiger partial charge is 0.124 e. The Hall–Kier alpha value is -1.74. The molecular formula is C17H23NO2. The van der Waals surface area contributed by atoms with Crippen LogP contribution in [0.1, 0.15) is 50.9 Å². The summed E-state index contributed by atoms with van der Waals surface area (Å²) in [4.78, 5) is 0. The summed E-state index contributed by atoms with van der Waals surface area (Å²) in [5.41, 5.74) is 2.33. The van der Waals surface area contributed by atoms with Gasteiger partial charge in [0.25, 0.3) is 0 Å². The Labute approximate surface area is 121 Å². The van der Waals surface area contributed by atoms with Crippen LogP contribution in [-0.2, 0) is 0 Å². The maximum Gasteiger partial charge on any atom is 0.124 e. The first-order chi connectivity index (χ1) is 9.58. The second kappa shape index (κ2) is 6.62. The normalized spacial score (nSPS) is 14.2. The lowest BCUT2D eigenvalue weighted by molar-refractivity contribution is 0.237. The highest BCUT2D eigenvalue weighted by molar-refractivity contribution is 5.36. The SMILES string of the molecule is CC(C)Oc1ccccc1C(C)NC(C)c1ccoc1. The fourth-order valence-corrected chi connectivity index (χ4v) is 2.28. The minimum Gasteiger partial charge on any atom is -0.491 e. The zero-order valence-corrected chi connectivity index (χ0v) is 12.6. The summed E-state index contributed by atoms with van der Waals surface area (Å²) in [6, 6.07) is 10.6. The molecule has 1 aromatic heterocycles. The van der Waals surface area contributed by atoms with Crippen molar-refractivity contribution in [2.24, 2.45) is 0 Å². The van der Waals surface area contributed by atoms with E-state index in [0.29, 0.717) is 0 Å². The van der Waals surface area contributed by atoms with Crippen LogP contribution in [0.25, 0.3) is 0 Å². The summed E-state index contributed by atoms with van der Waals surface area (Å²) in [7, 11) is 0. The minimum absolute atomic E-state index is 0.176. The van der Waals surface area contributed by atoms with Crippen molar-refractivity contribution >= 4 is 0 Å². The van der Waals surface area contributed by atoms with Crippen molar-refractivity contribution in [2.45, 2.75) is 45.9 Å². The maximum atomic E-state index is 5.88. The van der Waals surface area contributed by atoms with Gasteiger partial charge in [-0.25, -0.2) is 0 Å². The number of rotatable bonds is 6. The topological polar surface area (TPSA) is 34.4 Å². The lowest BCUT2D eigenvalue weighted by Gasteiger charge is -2.22. The van der Waals surface area contributed by atoms with Crippen LogP contribution in [-0.4, -0.2) is 6.10 Å². The largest absolute Gasteiger partial charge is 0.491 e. The maximum absolute atomic E-state index is 5.88. The highest BCUT2D eigenvalue weighted by Gasteiger charge is 2.15. The Morgan fingerprint density at radius 1 is 1.00 bits per heavy atom. The van der Waals surface area contributed by atoms with Gasteiger partial charge in [-0.1, -0.05) is 18.2 Å². The Morgan fingerprint density at radius 2 is 1.75 bits per heavy atom. The molecule has 0 bridgehead atoms. The van der Waals surface area contributed by atoms with Crippen molar-refractivity contribution in [1.82, 2.24) is 5.32 Å². The van der Waals surface area contributed by atoms with Gasteiger partial charge in [0.05, 0.1) is 18.6 Å². The number of para-hydroxylation sites is 1. The summed E-state index contributed by atoms with van der Waals surface area (Å²) in [5.74, 6) is 0.946. The highest BCUT2D eigenvalue weighted by atomic mass is 16.5. The molecule has 2 aromatic rings. The average Bonchev–Trinajstić information content (AvgIpc) is 2.92. The van der Waals surface area contributed by atoms with Crippen LogP contribution in [0.3, 0.4) is 0 Å². The summed E-state index contributed by atoms with van der Waals surface area (Å²) in [6.07, 6.45) is 3.66. The van der Waals surface area contributed by atoms with Crippen LogP contribution in [0.5, 0.6) is 5.75 Å². The van der Waals surface area contributed by atoms with Gasteiger partial charge in [-0.2, -0.15) is 0 Å². The molecule has 3 nitrogen and oxygen atoms in total. The molecule has 20 heavy (non-hydrogen) atoms. The van der Waals surface area contributed by atoms with Crippen molar-refractivity contribution < 1.29 is 9.15 Å². The van der Waals surface area contributed by atoms with Gasteiger partial charge >= 0.3 is 0 Å². The van der Waals surface area contributed by atoms with Gasteiger partial charge in [-0.15, -0.1) is 0 Å². The molecule has 0 aliphatic rings. The van der Waals surface area contributed by atoms with Gasteiger partial charge < -0.3 is 14.5 Å². The van der Waals surface area contributed by atoms with E-state index >= 15 is 0 Å². The molecule has 0 saturated carbocycles. The van der Waals surface area contributed by atoms with E-state index in [0.717, 1.165) is 11.3 Å². The Bertz CT molecular complexity index is 520. The van der Waals surface area contributed by atoms with Crippen LogP contribution in [0, 0.1) is 0 Å². The lowest BCUT2D eigenvalue weighted by Crippen LogP contribution is -2.23. The Balaban J connectivity index is 2.10. The molecule has 0 aliphatic carbocycles. The predicted molar refractivity (Wildman–Crippen MR) is 80.9 cm³/mol. The Morgan fingerprint density at radius 3 is 2.40 bits per heavy atom. The van der Waals surface area contributed by atoms with Crippen LogP contribution in [0.15, 0.2) is 47.3 Å². The van der Waals surface area contributed by atoms with E-state index in [1.165, 1.54) is 5.56 Å². The fourth-order valence-electron chi connectivity index (χ4n) is 2.28. The molecular weight excluding hydrogens is 250 g/mol. The third kappa shape index (κ3) is 3.64. The van der Waals surface area contributed by atoms with Crippen molar-refractivity contribution in [3.8, 4) is 5.75 Å². The van der Waals surface area contributed by atoms with Crippen LogP contribution < -0.4 is 10.1 Å². The summed E-state index contributed by atoms with van der Waals surface area (Å²) in [5, 5.41) is 3.57. The third-order valence-electron chi connectivity index (χ3n) is 3.29. The van der Waals surface area contributed by atoms with Crippen LogP contribution >= 0.6 is 0 Å². The van der Waals surface area contributed by atoms with Crippen LogP contribution in [0.2, 0.25) is 0 Å². The van der Waals surface area contributed by atoms with E-state index < -0.39 is 0 Å². The molecule has 0 amide bonds. The van der Waals surface area contributed by atoms with Gasteiger partial charge in [0, 0.05) is 23.2 Å². The van der Waals surface area contributed by atoms with E-state index in [1.54, 1.807) is 12.5 Å². The molecule has 2 atom stereocenters. The number of hydrogen-bond donors (Lipinski definition) is 1. The van der Waals surface area contributed by atoms with E-state index in [9.17, 15) is 0 Å². The van der Waals surface area contributed by atoms with Crippen molar-refractivity contribution in [1.29, 1.82) is 0 Å². The van der Waals surface area contributed by atoms with Gasteiger partial charge in [0.2, 0.25) is 0 Å². The summed E-state index contributed by atoms with van der Waals surface area (Å²) >= 11 is 0. The number of nitrogens with one attached hydrogen (secondary N) is 1. The molecule has 1 heterocycles. The molecule has 108 valence electrons. The molecule has 0 fully saturated rings. The number of benzene rings is 1. The van der Waals surface area contributed by atoms with Crippen molar-refractivity contribution in [3.63, 3.8) is 0 Å². The third-order valence-corrected chi connectivity index (χ3v) is 3.29. The monoisotopic (exact) mass is 273 g/mol. The standard InChI is InChI=1S/C17H23NO2/c1-12(2)20-17-8-6-5-7-16(17)14(4)18-13(3)15-9-10-19-11-15/h5-14,18H,1-4H3. The molecule has 0 saturated heterocycles. The zero-order chi connectivity index (χ0) is 14.5. The van der Waals surface area contributed by atoms with Crippen molar-refractivity contribution in [3.05, 3.63) is 54.0 Å². The van der Waals surface area contributed by atoms with E-state index in [4.69, 9.17) is 9.15 Å². The Kier molecular flexibility index (Phi) is 4.85. The van der Waals surface area contributed by atoms with Gasteiger partial charge in [-0.05, 0) is 39.8 Å². The number of furan rings is 1. The molecule has 2 rings (SSSR count). The van der Waals surface area contributed by atoms with Gasteiger partial charge in [0.15, 0.2) is 0 Å². The molecule has 1 N–H and O–H groups in total. The van der Waals surface area contributed by atoms with E-state index in [-0.39, 0.29) is 18.2 Å². The van der Waals surface area contributed by atoms with E-state index in [1.807, 2.05) is 38.1 Å². The first-order valence-electron chi connectivity index (χ1n) is 7.11. The second-order valence-electron chi connectivity index (χ2n) is 5.37. The fraction of sp³-hybridized carbons (Fsp3) is 0.412. The molecule has 1 aromatic carbocycles. The average molecular weight is 273 g/mol. The lowest BCUT2D eigenvalue weighted by atomic mass is 10.0. The quantitative estimate of drug-likeness (QED) is 0.842. The first kappa shape index (κ1) is 14.7. The number of hydrogen-bond acceptors (Lipinski definition) is 3. The predicted octanol–water partition coefficient (Wildman–Crippen LogP) is 4.48. The van der Waals surface area contributed by atoms with Crippen LogP contribution in [0.4, 0.5) is 0 Å². The molecule has 3 heteroatoms. The van der Waals surface area contributed by atoms with Gasteiger partial charge in [-0.3, -0.25) is 0 Å². The zero-order valence-electron chi connectivity index (χ0n) is 12.6. The molecule has 2 unspecified atom stereocenters. The second-order valence-corrected chi connectivity index (χ2v) is 5.37. The van der Waals surface area contributed by atoms with Crippen molar-refractivity contribution in [2.75, 3.05) is 0 Å².